The Morgan fingerprint density at radius 3 is 2.90 bits per heavy atom. The van der Waals surface area contributed by atoms with Gasteiger partial charge in [0.1, 0.15) is 4.88 Å². The van der Waals surface area contributed by atoms with E-state index in [1.54, 1.807) is 12.3 Å². The third-order valence-electron chi connectivity index (χ3n) is 2.50. The number of carbonyl (C=O) groups excluding carboxylic acids is 2. The Hall–Kier alpha value is -1.87. The van der Waals surface area contributed by atoms with Crippen molar-refractivity contribution in [1.82, 2.24) is 14.6 Å². The summed E-state index contributed by atoms with van der Waals surface area (Å²) in [5.41, 5.74) is 1.24. The highest BCUT2D eigenvalue weighted by atomic mass is 32.1. The number of thiazole rings is 1. The Kier molecular flexibility index (Phi) is 5.34. The van der Waals surface area contributed by atoms with E-state index >= 15 is 0 Å². The van der Waals surface area contributed by atoms with Gasteiger partial charge in [0.2, 0.25) is 0 Å². The first-order valence-corrected chi connectivity index (χ1v) is 8.01. The van der Waals surface area contributed by atoms with E-state index in [0.717, 1.165) is 11.5 Å². The van der Waals surface area contributed by atoms with E-state index in [4.69, 9.17) is 4.74 Å². The average molecular weight is 326 g/mol. The summed E-state index contributed by atoms with van der Waals surface area (Å²) in [6, 6.07) is 0. The van der Waals surface area contributed by atoms with E-state index in [2.05, 4.69) is 19.9 Å². The van der Waals surface area contributed by atoms with Gasteiger partial charge in [-0.15, -0.1) is 16.4 Å². The molecule has 0 aromatic carbocycles. The Bertz CT molecular complexity index is 638. The maximum Gasteiger partial charge on any atom is 0.311 e. The van der Waals surface area contributed by atoms with Gasteiger partial charge in [-0.3, -0.25) is 14.9 Å². The summed E-state index contributed by atoms with van der Waals surface area (Å²) in [7, 11) is 0. The van der Waals surface area contributed by atoms with E-state index < -0.39 is 0 Å². The molecule has 112 valence electrons. The summed E-state index contributed by atoms with van der Waals surface area (Å²) in [6.45, 7) is 4.00. The molecule has 9 heteroatoms. The van der Waals surface area contributed by atoms with Crippen LogP contribution < -0.4 is 5.32 Å². The minimum atomic E-state index is -0.333. The first-order valence-electron chi connectivity index (χ1n) is 6.36. The van der Waals surface area contributed by atoms with Gasteiger partial charge in [0.05, 0.1) is 24.4 Å². The summed E-state index contributed by atoms with van der Waals surface area (Å²) >= 11 is 2.32. The molecule has 0 fully saturated rings. The van der Waals surface area contributed by atoms with Crippen molar-refractivity contribution in [3.8, 4) is 0 Å². The first-order chi connectivity index (χ1) is 10.1. The molecule has 2 heterocycles. The Morgan fingerprint density at radius 2 is 2.19 bits per heavy atom. The van der Waals surface area contributed by atoms with Gasteiger partial charge in [-0.1, -0.05) is 11.4 Å². The number of hydrogen-bond donors (Lipinski definition) is 1. The standard InChI is InChI=1S/C12H14N4O3S2/c1-3-8-10(21-16-15-8)11(18)14-12-13-7(6-20-12)5-9(17)19-4-2/h6H,3-5H2,1-2H3,(H,13,14,18). The van der Waals surface area contributed by atoms with E-state index in [1.807, 2.05) is 6.92 Å². The molecule has 7 nitrogen and oxygen atoms in total. The van der Waals surface area contributed by atoms with Crippen molar-refractivity contribution >= 4 is 39.9 Å². The molecule has 0 atom stereocenters. The molecule has 0 spiro atoms. The van der Waals surface area contributed by atoms with Crippen LogP contribution in [0.3, 0.4) is 0 Å². The Morgan fingerprint density at radius 1 is 1.38 bits per heavy atom. The van der Waals surface area contributed by atoms with Crippen LogP contribution in [0.5, 0.6) is 0 Å². The molecule has 2 aromatic heterocycles. The largest absolute Gasteiger partial charge is 0.466 e. The van der Waals surface area contributed by atoms with Gasteiger partial charge in [-0.2, -0.15) is 0 Å². The smallest absolute Gasteiger partial charge is 0.311 e. The second-order valence-corrected chi connectivity index (χ2v) is 5.59. The van der Waals surface area contributed by atoms with Gasteiger partial charge in [0, 0.05) is 5.38 Å². The molecule has 2 rings (SSSR count). The second kappa shape index (κ2) is 7.23. The number of ether oxygens (including phenoxy) is 1. The van der Waals surface area contributed by atoms with Crippen LogP contribution in [0.15, 0.2) is 5.38 Å². The number of nitrogens with one attached hydrogen (secondary N) is 1. The molecule has 21 heavy (non-hydrogen) atoms. The lowest BCUT2D eigenvalue weighted by atomic mass is 10.3. The van der Waals surface area contributed by atoms with Crippen LogP contribution in [0.25, 0.3) is 0 Å². The van der Waals surface area contributed by atoms with Crippen LogP contribution in [0.2, 0.25) is 0 Å². The number of amides is 1. The fourth-order valence-electron chi connectivity index (χ4n) is 1.57. The molecule has 1 amide bonds. The lowest BCUT2D eigenvalue weighted by Gasteiger charge is -2.00. The van der Waals surface area contributed by atoms with Crippen LogP contribution in [-0.2, 0) is 22.4 Å². The summed E-state index contributed by atoms with van der Waals surface area (Å²) in [5, 5.41) is 8.74. The van der Waals surface area contributed by atoms with Gasteiger partial charge < -0.3 is 4.74 Å². The molecule has 0 bridgehead atoms. The van der Waals surface area contributed by atoms with Crippen LogP contribution in [0, 0.1) is 0 Å². The summed E-state index contributed by atoms with van der Waals surface area (Å²) < 4.78 is 8.62. The maximum atomic E-state index is 12.1. The zero-order chi connectivity index (χ0) is 15.2. The van der Waals surface area contributed by atoms with Gasteiger partial charge >= 0.3 is 5.97 Å². The number of rotatable bonds is 6. The van der Waals surface area contributed by atoms with Crippen LogP contribution >= 0.6 is 22.9 Å². The van der Waals surface area contributed by atoms with Gasteiger partial charge in [0.15, 0.2) is 5.13 Å². The minimum absolute atomic E-state index is 0.0997. The van der Waals surface area contributed by atoms with Crippen molar-refractivity contribution in [2.24, 2.45) is 0 Å². The lowest BCUT2D eigenvalue weighted by Crippen LogP contribution is -2.12. The molecule has 0 saturated heterocycles. The molecule has 0 saturated carbocycles. The molecule has 0 unspecified atom stereocenters. The first kappa shape index (κ1) is 15.5. The molecule has 2 aromatic rings. The number of aromatic nitrogens is 3. The van der Waals surface area contributed by atoms with Crippen molar-refractivity contribution in [2.75, 3.05) is 11.9 Å². The number of aryl methyl sites for hydroxylation is 1. The van der Waals surface area contributed by atoms with E-state index in [0.29, 0.717) is 34.4 Å². The van der Waals surface area contributed by atoms with Gasteiger partial charge in [0.25, 0.3) is 5.91 Å². The fraction of sp³-hybridized carbons (Fsp3) is 0.417. The van der Waals surface area contributed by atoms with Crippen LogP contribution in [0.4, 0.5) is 5.13 Å². The van der Waals surface area contributed by atoms with Crippen LogP contribution in [0.1, 0.15) is 34.9 Å². The highest BCUT2D eigenvalue weighted by Crippen LogP contribution is 2.19. The van der Waals surface area contributed by atoms with Crippen molar-refractivity contribution < 1.29 is 14.3 Å². The molecular formula is C12H14N4O3S2. The van der Waals surface area contributed by atoms with Crippen molar-refractivity contribution in [3.63, 3.8) is 0 Å². The van der Waals surface area contributed by atoms with Gasteiger partial charge in [-0.05, 0) is 24.9 Å². The number of esters is 1. The van der Waals surface area contributed by atoms with Gasteiger partial charge in [-0.25, -0.2) is 4.98 Å². The number of hydrogen-bond acceptors (Lipinski definition) is 8. The molecule has 0 aliphatic rings. The highest BCUT2D eigenvalue weighted by Gasteiger charge is 2.17. The average Bonchev–Trinajstić information content (AvgIpc) is 3.07. The van der Waals surface area contributed by atoms with Crippen molar-refractivity contribution in [1.29, 1.82) is 0 Å². The second-order valence-electron chi connectivity index (χ2n) is 3.98. The SMILES string of the molecule is CCOC(=O)Cc1csc(NC(=O)c2snnc2CC)n1. The van der Waals surface area contributed by atoms with Crippen molar-refractivity contribution in [2.45, 2.75) is 26.7 Å². The van der Waals surface area contributed by atoms with Crippen molar-refractivity contribution in [3.05, 3.63) is 21.6 Å². The molecular weight excluding hydrogens is 312 g/mol. The Balaban J connectivity index is 1.99. The Labute approximate surface area is 129 Å². The predicted molar refractivity (Wildman–Crippen MR) is 79.7 cm³/mol. The number of anilines is 1. The normalized spacial score (nSPS) is 10.4. The number of nitrogens with zero attached hydrogens (tertiary/aromatic N) is 3. The maximum absolute atomic E-state index is 12.1. The predicted octanol–water partition coefficient (Wildman–Crippen LogP) is 1.91. The van der Waals surface area contributed by atoms with E-state index in [1.165, 1.54) is 11.3 Å². The number of carbonyl (C=O) groups is 2. The molecule has 0 radical (unpaired) electrons. The molecule has 0 aliphatic heterocycles. The monoisotopic (exact) mass is 326 g/mol. The van der Waals surface area contributed by atoms with Crippen LogP contribution in [-0.4, -0.2) is 33.1 Å². The summed E-state index contributed by atoms with van der Waals surface area (Å²) in [6.07, 6.45) is 0.744. The zero-order valence-electron chi connectivity index (χ0n) is 11.6. The summed E-state index contributed by atoms with van der Waals surface area (Å²) in [5.74, 6) is -0.612. The third kappa shape index (κ3) is 4.05. The topological polar surface area (TPSA) is 94.1 Å². The fourth-order valence-corrected chi connectivity index (χ4v) is 2.92. The third-order valence-corrected chi connectivity index (χ3v) is 4.07. The quantitative estimate of drug-likeness (QED) is 0.815. The van der Waals surface area contributed by atoms with E-state index in [-0.39, 0.29) is 18.3 Å². The van der Waals surface area contributed by atoms with E-state index in [9.17, 15) is 9.59 Å². The zero-order valence-corrected chi connectivity index (χ0v) is 13.2. The summed E-state index contributed by atoms with van der Waals surface area (Å²) in [4.78, 5) is 28.1. The molecule has 1 N–H and O–H groups in total. The minimum Gasteiger partial charge on any atom is -0.466 e. The highest BCUT2D eigenvalue weighted by molar-refractivity contribution is 7.14. The lowest BCUT2D eigenvalue weighted by molar-refractivity contribution is -0.142. The molecule has 0 aliphatic carbocycles.